The van der Waals surface area contributed by atoms with Crippen molar-refractivity contribution in [1.29, 1.82) is 0 Å². The smallest absolute Gasteiger partial charge is 0.337 e. The third kappa shape index (κ3) is 1.53. The quantitative estimate of drug-likeness (QED) is 0.785. The predicted octanol–water partition coefficient (Wildman–Crippen LogP) is 0.0847. The van der Waals surface area contributed by atoms with Gasteiger partial charge in [-0.15, -0.1) is 0 Å². The number of carbonyl (C=O) groups is 2. The lowest BCUT2D eigenvalue weighted by Crippen LogP contribution is -2.37. The number of benzene rings is 1. The Bertz CT molecular complexity index is 625. The van der Waals surface area contributed by atoms with Crippen LogP contribution >= 0.6 is 0 Å². The van der Waals surface area contributed by atoms with Gasteiger partial charge in [0.15, 0.2) is 0 Å². The largest absolute Gasteiger partial charge is 0.478 e. The van der Waals surface area contributed by atoms with E-state index in [0.717, 1.165) is 8.61 Å². The fraction of sp³-hybridized carbons (Fsp3) is 0.200. The Morgan fingerprint density at radius 1 is 1.44 bits per heavy atom. The van der Waals surface area contributed by atoms with Gasteiger partial charge in [0.25, 0.3) is 0 Å². The lowest BCUT2D eigenvalue weighted by atomic mass is 10.1. The zero-order valence-electron chi connectivity index (χ0n) is 9.40. The molecule has 96 valence electrons. The topological polar surface area (TPSA) is 95.0 Å². The molecule has 1 aliphatic rings. The molecule has 0 aliphatic carbocycles. The SMILES string of the molecule is CN1c2cccc(C(=O)O)c2N(CC=O)S1(=O)=O. The second kappa shape index (κ2) is 3.98. The average molecular weight is 270 g/mol. The fourth-order valence-electron chi connectivity index (χ4n) is 1.86. The van der Waals surface area contributed by atoms with Crippen LogP contribution in [-0.4, -0.2) is 39.4 Å². The van der Waals surface area contributed by atoms with Crippen LogP contribution < -0.4 is 8.61 Å². The highest BCUT2D eigenvalue weighted by molar-refractivity contribution is 7.94. The molecule has 1 aromatic rings. The molecule has 0 unspecified atom stereocenters. The standard InChI is InChI=1S/C10H10N2O5S/c1-11-8-4-2-3-7(10(14)15)9(8)12(5-6-13)18(11,16)17/h2-4,6H,5H2,1H3,(H,14,15). The van der Waals surface area contributed by atoms with Crippen LogP contribution in [0.3, 0.4) is 0 Å². The van der Waals surface area contributed by atoms with Crippen molar-refractivity contribution in [3.8, 4) is 0 Å². The van der Waals surface area contributed by atoms with Crippen molar-refractivity contribution in [2.24, 2.45) is 0 Å². The van der Waals surface area contributed by atoms with Crippen LogP contribution in [0.5, 0.6) is 0 Å². The van der Waals surface area contributed by atoms with Crippen LogP contribution in [0, 0.1) is 0 Å². The number of aromatic carboxylic acids is 1. The molecule has 2 rings (SSSR count). The van der Waals surface area contributed by atoms with Gasteiger partial charge in [0.1, 0.15) is 6.29 Å². The molecule has 0 radical (unpaired) electrons. The summed E-state index contributed by atoms with van der Waals surface area (Å²) in [6, 6.07) is 4.25. The molecular formula is C10H10N2O5S. The van der Waals surface area contributed by atoms with E-state index in [1.165, 1.54) is 25.2 Å². The zero-order valence-corrected chi connectivity index (χ0v) is 10.2. The van der Waals surface area contributed by atoms with Crippen LogP contribution in [0.1, 0.15) is 10.4 Å². The van der Waals surface area contributed by atoms with E-state index in [4.69, 9.17) is 5.11 Å². The summed E-state index contributed by atoms with van der Waals surface area (Å²) in [5.41, 5.74) is 0.124. The Morgan fingerprint density at radius 3 is 2.67 bits per heavy atom. The van der Waals surface area contributed by atoms with Crippen LogP contribution in [0.15, 0.2) is 18.2 Å². The van der Waals surface area contributed by atoms with E-state index in [9.17, 15) is 18.0 Å². The zero-order chi connectivity index (χ0) is 13.5. The monoisotopic (exact) mass is 270 g/mol. The number of carboxylic acids is 1. The maximum Gasteiger partial charge on any atom is 0.337 e. The summed E-state index contributed by atoms with van der Waals surface area (Å²) in [5, 5.41) is 9.06. The summed E-state index contributed by atoms with van der Waals surface area (Å²) >= 11 is 0. The first-order valence-corrected chi connectivity index (χ1v) is 6.37. The Morgan fingerprint density at radius 2 is 2.11 bits per heavy atom. The minimum Gasteiger partial charge on any atom is -0.478 e. The Labute approximate surface area is 103 Å². The Hall–Kier alpha value is -2.09. The molecule has 0 bridgehead atoms. The summed E-state index contributed by atoms with van der Waals surface area (Å²) in [7, 11) is -2.56. The maximum absolute atomic E-state index is 12.0. The first-order chi connectivity index (χ1) is 8.41. The third-order valence-corrected chi connectivity index (χ3v) is 4.48. The molecule has 0 saturated heterocycles. The number of nitrogens with zero attached hydrogens (tertiary/aromatic N) is 2. The molecule has 7 nitrogen and oxygen atoms in total. The second-order valence-electron chi connectivity index (χ2n) is 3.65. The average Bonchev–Trinajstić information content (AvgIpc) is 2.51. The summed E-state index contributed by atoms with van der Waals surface area (Å²) in [4.78, 5) is 21.7. The van der Waals surface area contributed by atoms with Gasteiger partial charge in [-0.25, -0.2) is 9.10 Å². The van der Waals surface area contributed by atoms with E-state index < -0.39 is 22.7 Å². The van der Waals surface area contributed by atoms with Gasteiger partial charge in [-0.05, 0) is 12.1 Å². The number of carboxylic acid groups (broad SMARTS) is 1. The number of rotatable bonds is 3. The van der Waals surface area contributed by atoms with Crippen LogP contribution in [0.4, 0.5) is 11.4 Å². The Kier molecular flexibility index (Phi) is 2.74. The van der Waals surface area contributed by atoms with Gasteiger partial charge in [-0.1, -0.05) is 6.07 Å². The van der Waals surface area contributed by atoms with E-state index in [1.807, 2.05) is 0 Å². The van der Waals surface area contributed by atoms with E-state index in [-0.39, 0.29) is 16.9 Å². The molecule has 0 aromatic heterocycles. The molecule has 8 heteroatoms. The van der Waals surface area contributed by atoms with Crippen LogP contribution in [0.25, 0.3) is 0 Å². The highest BCUT2D eigenvalue weighted by Gasteiger charge is 2.40. The number of carbonyl (C=O) groups excluding carboxylic acids is 1. The van der Waals surface area contributed by atoms with Gasteiger partial charge in [-0.3, -0.25) is 4.31 Å². The molecular weight excluding hydrogens is 260 g/mol. The third-order valence-electron chi connectivity index (χ3n) is 2.70. The number of hydrogen-bond donors (Lipinski definition) is 1. The minimum absolute atomic E-state index is 0.0274. The van der Waals surface area contributed by atoms with Crippen molar-refractivity contribution >= 4 is 33.8 Å². The van der Waals surface area contributed by atoms with Gasteiger partial charge < -0.3 is 9.90 Å². The molecule has 0 amide bonds. The van der Waals surface area contributed by atoms with Gasteiger partial charge in [-0.2, -0.15) is 8.42 Å². The lowest BCUT2D eigenvalue weighted by Gasteiger charge is -2.16. The van der Waals surface area contributed by atoms with Gasteiger partial charge in [0.2, 0.25) is 0 Å². The van der Waals surface area contributed by atoms with Crippen molar-refractivity contribution in [2.45, 2.75) is 0 Å². The lowest BCUT2D eigenvalue weighted by molar-refractivity contribution is -0.106. The molecule has 0 saturated carbocycles. The highest BCUT2D eigenvalue weighted by Crippen LogP contribution is 2.41. The van der Waals surface area contributed by atoms with E-state index >= 15 is 0 Å². The van der Waals surface area contributed by atoms with Crippen molar-refractivity contribution in [3.05, 3.63) is 23.8 Å². The first-order valence-electron chi connectivity index (χ1n) is 4.97. The number of hydrogen-bond acceptors (Lipinski definition) is 4. The number of aldehydes is 1. The van der Waals surface area contributed by atoms with Crippen molar-refractivity contribution in [1.82, 2.24) is 0 Å². The molecule has 1 aromatic carbocycles. The summed E-state index contributed by atoms with van der Waals surface area (Å²) in [6.07, 6.45) is 0.416. The van der Waals surface area contributed by atoms with E-state index in [2.05, 4.69) is 0 Å². The summed E-state index contributed by atoms with van der Waals surface area (Å²) in [5.74, 6) is -1.24. The number of fused-ring (bicyclic) bond motifs is 1. The van der Waals surface area contributed by atoms with Crippen LogP contribution in [-0.2, 0) is 15.0 Å². The van der Waals surface area contributed by atoms with Gasteiger partial charge >= 0.3 is 16.2 Å². The van der Waals surface area contributed by atoms with E-state index in [0.29, 0.717) is 6.29 Å². The summed E-state index contributed by atoms with van der Waals surface area (Å²) in [6.45, 7) is -0.413. The molecule has 0 atom stereocenters. The van der Waals surface area contributed by atoms with E-state index in [1.54, 1.807) is 0 Å². The highest BCUT2D eigenvalue weighted by atomic mass is 32.2. The minimum atomic E-state index is -3.87. The Balaban J connectivity index is 2.75. The van der Waals surface area contributed by atoms with Crippen molar-refractivity contribution in [3.63, 3.8) is 0 Å². The van der Waals surface area contributed by atoms with Crippen molar-refractivity contribution in [2.75, 3.05) is 22.2 Å². The molecule has 1 N–H and O–H groups in total. The predicted molar refractivity (Wildman–Crippen MR) is 64.1 cm³/mol. The first kappa shape index (κ1) is 12.4. The van der Waals surface area contributed by atoms with Crippen LogP contribution in [0.2, 0.25) is 0 Å². The fourth-order valence-corrected chi connectivity index (χ4v) is 3.22. The molecule has 0 spiro atoms. The summed E-state index contributed by atoms with van der Waals surface area (Å²) < 4.78 is 25.8. The maximum atomic E-state index is 12.0. The number of para-hydroxylation sites is 1. The molecule has 0 fully saturated rings. The van der Waals surface area contributed by atoms with Gasteiger partial charge in [0, 0.05) is 7.05 Å². The molecule has 18 heavy (non-hydrogen) atoms. The number of anilines is 2. The van der Waals surface area contributed by atoms with Gasteiger partial charge in [0.05, 0.1) is 23.5 Å². The second-order valence-corrected chi connectivity index (χ2v) is 5.54. The normalized spacial score (nSPS) is 16.5. The van der Waals surface area contributed by atoms with Crippen molar-refractivity contribution < 1.29 is 23.1 Å². The molecule has 1 heterocycles. The molecule has 1 aliphatic heterocycles.